The third-order valence-corrected chi connectivity index (χ3v) is 4.86. The van der Waals surface area contributed by atoms with E-state index in [0.717, 1.165) is 41.7 Å². The molecule has 7 heteroatoms. The first-order valence-corrected chi connectivity index (χ1v) is 8.88. The van der Waals surface area contributed by atoms with E-state index in [9.17, 15) is 9.18 Å². The van der Waals surface area contributed by atoms with Crippen LogP contribution in [0.25, 0.3) is 22.4 Å². The summed E-state index contributed by atoms with van der Waals surface area (Å²) >= 11 is 0. The van der Waals surface area contributed by atoms with Gasteiger partial charge in [-0.25, -0.2) is 9.37 Å². The molecule has 2 aromatic carbocycles. The molecular weight excluding hydrogens is 367 g/mol. The zero-order valence-corrected chi connectivity index (χ0v) is 15.8. The van der Waals surface area contributed by atoms with E-state index in [1.807, 2.05) is 18.2 Å². The molecule has 1 amide bonds. The smallest absolute Gasteiger partial charge is 0.227 e. The number of amides is 1. The Morgan fingerprint density at radius 2 is 2.00 bits per heavy atom. The molecule has 142 valence electrons. The van der Waals surface area contributed by atoms with Crippen molar-refractivity contribution in [2.75, 3.05) is 11.9 Å². The van der Waals surface area contributed by atoms with Crippen LogP contribution >= 0.6 is 12.4 Å². The maximum Gasteiger partial charge on any atom is 0.227 e. The second-order valence-electron chi connectivity index (χ2n) is 6.89. The van der Waals surface area contributed by atoms with Crippen molar-refractivity contribution in [3.8, 4) is 11.4 Å². The van der Waals surface area contributed by atoms with Crippen LogP contribution in [0.3, 0.4) is 0 Å². The van der Waals surface area contributed by atoms with E-state index >= 15 is 0 Å². The molecule has 3 aromatic rings. The summed E-state index contributed by atoms with van der Waals surface area (Å²) in [4.78, 5) is 20.3. The van der Waals surface area contributed by atoms with Crippen LogP contribution in [-0.2, 0) is 4.79 Å². The lowest BCUT2D eigenvalue weighted by Crippen LogP contribution is -2.40. The average Bonchev–Trinajstić information content (AvgIpc) is 3.05. The summed E-state index contributed by atoms with van der Waals surface area (Å²) in [5, 5.41) is 6.38. The molecule has 2 heterocycles. The number of hydrogen-bond donors (Lipinski definition) is 3. The lowest BCUT2D eigenvalue weighted by atomic mass is 9.92. The lowest BCUT2D eigenvalue weighted by Gasteiger charge is -2.27. The van der Waals surface area contributed by atoms with Crippen molar-refractivity contribution in [2.24, 2.45) is 5.92 Å². The molecule has 4 rings (SSSR count). The molecule has 0 saturated carbocycles. The standard InChI is InChI=1S/C20H21FN4O.ClH/c1-12-10-14(8-9-22-12)20(26)23-16-6-7-17-18(11-16)25-19(24-17)13-2-4-15(21)5-3-13;/h2-7,11-12,14,22H,8-10H2,1H3,(H,23,26)(H,24,25);1H/t12-,14-;/m0./s1. The molecule has 0 unspecified atom stereocenters. The molecule has 2 atom stereocenters. The Bertz CT molecular complexity index is 941. The van der Waals surface area contributed by atoms with Crippen molar-refractivity contribution in [2.45, 2.75) is 25.8 Å². The number of nitrogens with zero attached hydrogens (tertiary/aromatic N) is 1. The third kappa shape index (κ3) is 4.28. The molecule has 1 aromatic heterocycles. The van der Waals surface area contributed by atoms with Crippen LogP contribution in [0, 0.1) is 11.7 Å². The number of hydrogen-bond acceptors (Lipinski definition) is 3. The van der Waals surface area contributed by atoms with Crippen molar-refractivity contribution in [1.29, 1.82) is 0 Å². The van der Waals surface area contributed by atoms with Crippen LogP contribution in [0.2, 0.25) is 0 Å². The average molecular weight is 389 g/mol. The van der Waals surface area contributed by atoms with Crippen LogP contribution in [0.1, 0.15) is 19.8 Å². The Kier molecular flexibility index (Phi) is 5.77. The zero-order chi connectivity index (χ0) is 18.1. The van der Waals surface area contributed by atoms with Crippen LogP contribution in [0.5, 0.6) is 0 Å². The summed E-state index contributed by atoms with van der Waals surface area (Å²) in [5.41, 5.74) is 3.21. The number of piperidine rings is 1. The van der Waals surface area contributed by atoms with Crippen molar-refractivity contribution in [3.05, 3.63) is 48.3 Å². The Morgan fingerprint density at radius 1 is 1.22 bits per heavy atom. The highest BCUT2D eigenvalue weighted by molar-refractivity contribution is 5.95. The molecule has 1 aliphatic heterocycles. The number of aromatic amines is 1. The number of carbonyl (C=O) groups excluding carboxylic acids is 1. The number of carbonyl (C=O) groups is 1. The van der Waals surface area contributed by atoms with Gasteiger partial charge in [0.25, 0.3) is 0 Å². The number of halogens is 2. The van der Waals surface area contributed by atoms with E-state index in [-0.39, 0.29) is 30.0 Å². The summed E-state index contributed by atoms with van der Waals surface area (Å²) in [6.45, 7) is 2.98. The minimum Gasteiger partial charge on any atom is -0.338 e. The number of fused-ring (bicyclic) bond motifs is 1. The van der Waals surface area contributed by atoms with E-state index in [1.165, 1.54) is 12.1 Å². The molecule has 0 aliphatic carbocycles. The van der Waals surface area contributed by atoms with Gasteiger partial charge >= 0.3 is 0 Å². The highest BCUT2D eigenvalue weighted by Gasteiger charge is 2.24. The summed E-state index contributed by atoms with van der Waals surface area (Å²) in [6, 6.07) is 12.2. The van der Waals surface area contributed by atoms with Gasteiger partial charge in [0.1, 0.15) is 11.6 Å². The first-order valence-electron chi connectivity index (χ1n) is 8.88. The normalized spacial score (nSPS) is 19.5. The fraction of sp³-hybridized carbons (Fsp3) is 0.300. The van der Waals surface area contributed by atoms with Gasteiger partial charge in [-0.3, -0.25) is 4.79 Å². The molecule has 0 spiro atoms. The molecule has 5 nitrogen and oxygen atoms in total. The lowest BCUT2D eigenvalue weighted by molar-refractivity contribution is -0.120. The van der Waals surface area contributed by atoms with Crippen LogP contribution in [0.4, 0.5) is 10.1 Å². The monoisotopic (exact) mass is 388 g/mol. The van der Waals surface area contributed by atoms with Gasteiger partial charge in [0.05, 0.1) is 11.0 Å². The number of benzene rings is 2. The van der Waals surface area contributed by atoms with Crippen LogP contribution < -0.4 is 10.6 Å². The Labute approximate surface area is 163 Å². The Hall–Kier alpha value is -2.44. The van der Waals surface area contributed by atoms with Crippen LogP contribution in [0.15, 0.2) is 42.5 Å². The zero-order valence-electron chi connectivity index (χ0n) is 15.0. The van der Waals surface area contributed by atoms with E-state index in [1.54, 1.807) is 12.1 Å². The number of H-pyrrole nitrogens is 1. The van der Waals surface area contributed by atoms with Gasteiger partial charge in [-0.15, -0.1) is 12.4 Å². The van der Waals surface area contributed by atoms with Crippen molar-refractivity contribution in [1.82, 2.24) is 15.3 Å². The largest absolute Gasteiger partial charge is 0.338 e. The minimum atomic E-state index is -0.276. The SMILES string of the molecule is C[C@H]1C[C@@H](C(=O)Nc2ccc3nc(-c4ccc(F)cc4)[nH]c3c2)CCN1.Cl. The van der Waals surface area contributed by atoms with Gasteiger partial charge in [0, 0.05) is 23.2 Å². The van der Waals surface area contributed by atoms with E-state index in [2.05, 4.69) is 27.5 Å². The fourth-order valence-electron chi connectivity index (χ4n) is 3.45. The first kappa shape index (κ1) is 19.3. The van der Waals surface area contributed by atoms with Crippen molar-refractivity contribution >= 4 is 35.0 Å². The van der Waals surface area contributed by atoms with Crippen molar-refractivity contribution in [3.63, 3.8) is 0 Å². The molecule has 3 N–H and O–H groups in total. The summed E-state index contributed by atoms with van der Waals surface area (Å²) in [5.74, 6) is 0.507. The van der Waals surface area contributed by atoms with Crippen molar-refractivity contribution < 1.29 is 9.18 Å². The molecule has 1 aliphatic rings. The number of nitrogens with one attached hydrogen (secondary N) is 3. The summed E-state index contributed by atoms with van der Waals surface area (Å²) in [6.07, 6.45) is 1.71. The number of anilines is 1. The molecule has 1 fully saturated rings. The summed E-state index contributed by atoms with van der Waals surface area (Å²) in [7, 11) is 0. The van der Waals surface area contributed by atoms with Gasteiger partial charge < -0.3 is 15.6 Å². The second kappa shape index (κ2) is 8.06. The maximum atomic E-state index is 13.1. The predicted molar refractivity (Wildman–Crippen MR) is 108 cm³/mol. The van der Waals surface area contributed by atoms with Gasteiger partial charge in [-0.1, -0.05) is 0 Å². The first-order chi connectivity index (χ1) is 12.6. The number of aromatic nitrogens is 2. The maximum absolute atomic E-state index is 13.1. The Morgan fingerprint density at radius 3 is 2.74 bits per heavy atom. The van der Waals surface area contributed by atoms with E-state index in [4.69, 9.17) is 0 Å². The quantitative estimate of drug-likeness (QED) is 0.632. The molecule has 0 bridgehead atoms. The number of rotatable bonds is 3. The second-order valence-corrected chi connectivity index (χ2v) is 6.89. The topological polar surface area (TPSA) is 69.8 Å². The molecule has 0 radical (unpaired) electrons. The summed E-state index contributed by atoms with van der Waals surface area (Å²) < 4.78 is 13.1. The highest BCUT2D eigenvalue weighted by atomic mass is 35.5. The van der Waals surface area contributed by atoms with E-state index in [0.29, 0.717) is 11.9 Å². The highest BCUT2D eigenvalue weighted by Crippen LogP contribution is 2.24. The van der Waals surface area contributed by atoms with Gasteiger partial charge in [0.15, 0.2) is 0 Å². The molecular formula is C20H22ClFN4O. The fourth-order valence-corrected chi connectivity index (χ4v) is 3.45. The molecule has 27 heavy (non-hydrogen) atoms. The van der Waals surface area contributed by atoms with Crippen LogP contribution in [-0.4, -0.2) is 28.5 Å². The van der Waals surface area contributed by atoms with Gasteiger partial charge in [-0.2, -0.15) is 0 Å². The minimum absolute atomic E-state index is 0. The third-order valence-electron chi connectivity index (χ3n) is 4.86. The van der Waals surface area contributed by atoms with E-state index < -0.39 is 0 Å². The van der Waals surface area contributed by atoms with Gasteiger partial charge in [-0.05, 0) is 68.8 Å². The predicted octanol–water partition coefficient (Wildman–Crippen LogP) is 4.12. The number of imidazole rings is 1. The van der Waals surface area contributed by atoms with Gasteiger partial charge in [0.2, 0.25) is 5.91 Å². The molecule has 1 saturated heterocycles. The Balaban J connectivity index is 0.00000210.